The lowest BCUT2D eigenvalue weighted by molar-refractivity contribution is -0.122. The van der Waals surface area contributed by atoms with Gasteiger partial charge in [-0.15, -0.1) is 0 Å². The summed E-state index contributed by atoms with van der Waals surface area (Å²) in [4.78, 5) is 14.5. The van der Waals surface area contributed by atoms with Gasteiger partial charge in [0.05, 0.1) is 31.3 Å². The lowest BCUT2D eigenvalue weighted by Gasteiger charge is -2.26. The van der Waals surface area contributed by atoms with Crippen molar-refractivity contribution in [2.24, 2.45) is 0 Å². The Balaban J connectivity index is 1.75. The largest absolute Gasteiger partial charge is 0.497 e. The molecular formula is C17H27N3O5S. The molecule has 0 aliphatic carbocycles. The number of methoxy groups -OCH3 is 1. The van der Waals surface area contributed by atoms with Crippen molar-refractivity contribution < 1.29 is 22.7 Å². The van der Waals surface area contributed by atoms with Crippen molar-refractivity contribution in [1.82, 2.24) is 14.9 Å². The molecule has 146 valence electrons. The Hall–Kier alpha value is -1.68. The third-order valence-corrected chi connectivity index (χ3v) is 5.71. The number of nitrogens with one attached hydrogen (secondary N) is 2. The summed E-state index contributed by atoms with van der Waals surface area (Å²) in [5, 5.41) is 2.77. The second kappa shape index (κ2) is 9.86. The Morgan fingerprint density at radius 1 is 1.27 bits per heavy atom. The second-order valence-corrected chi connectivity index (χ2v) is 7.83. The van der Waals surface area contributed by atoms with Crippen LogP contribution in [0.5, 0.6) is 5.75 Å². The molecule has 1 aromatic rings. The van der Waals surface area contributed by atoms with Gasteiger partial charge in [0.2, 0.25) is 15.9 Å². The highest BCUT2D eigenvalue weighted by molar-refractivity contribution is 7.89. The Labute approximate surface area is 154 Å². The van der Waals surface area contributed by atoms with Gasteiger partial charge in [0.25, 0.3) is 0 Å². The van der Waals surface area contributed by atoms with Crippen LogP contribution < -0.4 is 14.8 Å². The minimum absolute atomic E-state index is 0.0882. The number of carbonyl (C=O) groups is 1. The highest BCUT2D eigenvalue weighted by Crippen LogP contribution is 2.15. The molecule has 0 saturated carbocycles. The molecule has 0 unspecified atom stereocenters. The van der Waals surface area contributed by atoms with E-state index in [4.69, 9.17) is 9.47 Å². The average Bonchev–Trinajstić information content (AvgIpc) is 2.65. The quantitative estimate of drug-likeness (QED) is 0.590. The Morgan fingerprint density at radius 3 is 2.54 bits per heavy atom. The standard InChI is InChI=1S/C17H27N3O5S/c1-14(17(21)18-8-3-9-20-10-12-25-13-11-20)19-26(22,23)16-6-4-15(24-2)5-7-16/h4-7,14,19H,3,8-13H2,1-2H3,(H,18,21)/t14-/m1/s1. The van der Waals surface area contributed by atoms with Gasteiger partial charge < -0.3 is 14.8 Å². The van der Waals surface area contributed by atoms with Crippen LogP contribution in [0.2, 0.25) is 0 Å². The van der Waals surface area contributed by atoms with Gasteiger partial charge in [-0.2, -0.15) is 4.72 Å². The first-order chi connectivity index (χ1) is 12.4. The van der Waals surface area contributed by atoms with E-state index < -0.39 is 16.1 Å². The van der Waals surface area contributed by atoms with Gasteiger partial charge >= 0.3 is 0 Å². The van der Waals surface area contributed by atoms with Crippen LogP contribution in [0, 0.1) is 0 Å². The third-order valence-electron chi connectivity index (χ3n) is 4.15. The molecule has 9 heteroatoms. The third kappa shape index (κ3) is 6.24. The number of hydrogen-bond donors (Lipinski definition) is 2. The zero-order valence-corrected chi connectivity index (χ0v) is 16.0. The fraction of sp³-hybridized carbons (Fsp3) is 0.588. The van der Waals surface area contributed by atoms with E-state index in [1.807, 2.05) is 0 Å². The van der Waals surface area contributed by atoms with Crippen LogP contribution in [-0.4, -0.2) is 71.8 Å². The molecule has 0 aromatic heterocycles. The van der Waals surface area contributed by atoms with E-state index in [0.717, 1.165) is 39.3 Å². The van der Waals surface area contributed by atoms with E-state index in [9.17, 15) is 13.2 Å². The Bertz CT molecular complexity index is 672. The molecule has 26 heavy (non-hydrogen) atoms. The summed E-state index contributed by atoms with van der Waals surface area (Å²) in [6, 6.07) is 5.14. The van der Waals surface area contributed by atoms with E-state index >= 15 is 0 Å². The van der Waals surface area contributed by atoms with Gasteiger partial charge in [-0.25, -0.2) is 8.42 Å². The van der Waals surface area contributed by atoms with Crippen LogP contribution in [-0.2, 0) is 19.6 Å². The van der Waals surface area contributed by atoms with Gasteiger partial charge in [-0.05, 0) is 44.2 Å². The average molecular weight is 385 g/mol. The maximum absolute atomic E-state index is 12.3. The molecule has 1 aliphatic rings. The molecule has 2 rings (SSSR count). The van der Waals surface area contributed by atoms with Crippen LogP contribution >= 0.6 is 0 Å². The first kappa shape index (κ1) is 20.6. The van der Waals surface area contributed by atoms with Crippen molar-refractivity contribution in [2.45, 2.75) is 24.3 Å². The summed E-state index contributed by atoms with van der Waals surface area (Å²) >= 11 is 0. The predicted octanol–water partition coefficient (Wildman–Crippen LogP) is 0.201. The molecule has 2 N–H and O–H groups in total. The summed E-state index contributed by atoms with van der Waals surface area (Å²) in [6.45, 7) is 6.23. The Kier molecular flexibility index (Phi) is 7.83. The van der Waals surface area contributed by atoms with E-state index in [2.05, 4.69) is 14.9 Å². The first-order valence-electron chi connectivity index (χ1n) is 8.66. The topological polar surface area (TPSA) is 97.0 Å². The maximum atomic E-state index is 12.3. The van der Waals surface area contributed by atoms with Crippen LogP contribution in [0.15, 0.2) is 29.2 Å². The summed E-state index contributed by atoms with van der Waals surface area (Å²) in [7, 11) is -2.26. The van der Waals surface area contributed by atoms with Crippen molar-refractivity contribution in [2.75, 3.05) is 46.5 Å². The molecule has 1 heterocycles. The van der Waals surface area contributed by atoms with E-state index in [-0.39, 0.29) is 10.8 Å². The highest BCUT2D eigenvalue weighted by Gasteiger charge is 2.22. The number of amides is 1. The monoisotopic (exact) mass is 385 g/mol. The van der Waals surface area contributed by atoms with Crippen LogP contribution in [0.25, 0.3) is 0 Å². The second-order valence-electron chi connectivity index (χ2n) is 6.12. The number of sulfonamides is 1. The zero-order valence-electron chi connectivity index (χ0n) is 15.2. The van der Waals surface area contributed by atoms with Crippen molar-refractivity contribution in [3.63, 3.8) is 0 Å². The lowest BCUT2D eigenvalue weighted by atomic mass is 10.3. The predicted molar refractivity (Wildman–Crippen MR) is 97.7 cm³/mol. The van der Waals surface area contributed by atoms with E-state index in [1.165, 1.54) is 26.2 Å². The molecule has 1 aromatic carbocycles. The molecule has 0 radical (unpaired) electrons. The van der Waals surface area contributed by atoms with Crippen LogP contribution in [0.3, 0.4) is 0 Å². The minimum atomic E-state index is -3.77. The minimum Gasteiger partial charge on any atom is -0.497 e. The SMILES string of the molecule is COc1ccc(S(=O)(=O)N[C@H](C)C(=O)NCCCN2CCOCC2)cc1. The van der Waals surface area contributed by atoms with Crippen LogP contribution in [0.1, 0.15) is 13.3 Å². The number of nitrogens with zero attached hydrogens (tertiary/aromatic N) is 1. The molecule has 8 nitrogen and oxygen atoms in total. The Morgan fingerprint density at radius 2 is 1.92 bits per heavy atom. The van der Waals surface area contributed by atoms with Gasteiger partial charge in [0, 0.05) is 19.6 Å². The van der Waals surface area contributed by atoms with Gasteiger partial charge in [0.15, 0.2) is 0 Å². The number of ether oxygens (including phenoxy) is 2. The van der Waals surface area contributed by atoms with E-state index in [0.29, 0.717) is 12.3 Å². The summed E-state index contributed by atoms with van der Waals surface area (Å²) in [6.07, 6.45) is 0.809. The van der Waals surface area contributed by atoms with Gasteiger partial charge in [-0.3, -0.25) is 9.69 Å². The lowest BCUT2D eigenvalue weighted by Crippen LogP contribution is -2.45. The van der Waals surface area contributed by atoms with Gasteiger partial charge in [-0.1, -0.05) is 0 Å². The summed E-state index contributed by atoms with van der Waals surface area (Å²) < 4.78 is 37.4. The van der Waals surface area contributed by atoms with Crippen molar-refractivity contribution >= 4 is 15.9 Å². The number of rotatable bonds is 9. The number of morpholine rings is 1. The normalized spacial score (nSPS) is 16.8. The summed E-state index contributed by atoms with van der Waals surface area (Å²) in [5.74, 6) is 0.221. The summed E-state index contributed by atoms with van der Waals surface area (Å²) in [5.41, 5.74) is 0. The smallest absolute Gasteiger partial charge is 0.241 e. The molecular weight excluding hydrogens is 358 g/mol. The highest BCUT2D eigenvalue weighted by atomic mass is 32.2. The van der Waals surface area contributed by atoms with Crippen molar-refractivity contribution in [1.29, 1.82) is 0 Å². The van der Waals surface area contributed by atoms with Crippen LogP contribution in [0.4, 0.5) is 0 Å². The number of benzene rings is 1. The molecule has 0 bridgehead atoms. The molecule has 1 atom stereocenters. The zero-order chi connectivity index (χ0) is 19.0. The number of carbonyl (C=O) groups excluding carboxylic acids is 1. The first-order valence-corrected chi connectivity index (χ1v) is 10.1. The molecule has 0 spiro atoms. The molecule has 1 amide bonds. The number of hydrogen-bond acceptors (Lipinski definition) is 6. The van der Waals surface area contributed by atoms with E-state index in [1.54, 1.807) is 12.1 Å². The molecule has 1 fully saturated rings. The fourth-order valence-electron chi connectivity index (χ4n) is 2.60. The van der Waals surface area contributed by atoms with Gasteiger partial charge in [0.1, 0.15) is 5.75 Å². The molecule has 1 aliphatic heterocycles. The molecule has 1 saturated heterocycles. The van der Waals surface area contributed by atoms with Crippen molar-refractivity contribution in [3.8, 4) is 5.75 Å². The fourth-order valence-corrected chi connectivity index (χ4v) is 3.80. The maximum Gasteiger partial charge on any atom is 0.241 e. The van der Waals surface area contributed by atoms with Crippen molar-refractivity contribution in [3.05, 3.63) is 24.3 Å².